The van der Waals surface area contributed by atoms with Crippen LogP contribution in [0.1, 0.15) is 51.4 Å². The van der Waals surface area contributed by atoms with E-state index in [9.17, 15) is 14.0 Å². The molecule has 0 rings (SSSR count). The van der Waals surface area contributed by atoms with Gasteiger partial charge in [-0.15, -0.1) is 0 Å². The van der Waals surface area contributed by atoms with Gasteiger partial charge in [0.15, 0.2) is 0 Å². The van der Waals surface area contributed by atoms with Crippen molar-refractivity contribution in [3.8, 4) is 0 Å². The van der Waals surface area contributed by atoms with Crippen LogP contribution in [0.2, 0.25) is 0 Å². The normalized spacial score (nSPS) is 12.4. The highest BCUT2D eigenvalue weighted by Crippen LogP contribution is 2.07. The molecule has 0 radical (unpaired) electrons. The van der Waals surface area contributed by atoms with Gasteiger partial charge in [0, 0.05) is 12.8 Å². The van der Waals surface area contributed by atoms with Gasteiger partial charge >= 0.3 is 6.04 Å². The molecule has 17 heavy (non-hydrogen) atoms. The molecule has 0 saturated heterocycles. The van der Waals surface area contributed by atoms with Crippen LogP contribution in [0.25, 0.3) is 0 Å². The third-order valence-corrected chi connectivity index (χ3v) is 2.68. The molecule has 1 atom stereocenters. The maximum atomic E-state index is 11.9. The number of hydrogen-bond acceptors (Lipinski definition) is 4. The lowest BCUT2D eigenvalue weighted by Gasteiger charge is -2.09. The van der Waals surface area contributed by atoms with E-state index >= 15 is 0 Å². The first-order chi connectivity index (χ1) is 8.07. The van der Waals surface area contributed by atoms with Crippen molar-refractivity contribution in [3.05, 3.63) is 0 Å². The summed E-state index contributed by atoms with van der Waals surface area (Å²) in [6.07, 6.45) is 4.69. The molecule has 4 nitrogen and oxygen atoms in total. The highest BCUT2D eigenvalue weighted by Gasteiger charge is 2.12. The van der Waals surface area contributed by atoms with E-state index in [4.69, 9.17) is 11.5 Å². The first-order valence-electron chi connectivity index (χ1n) is 6.24. The monoisotopic (exact) mass is 246 g/mol. The van der Waals surface area contributed by atoms with Crippen LogP contribution in [0.15, 0.2) is 0 Å². The molecule has 5 heteroatoms. The molecular weight excluding hydrogens is 223 g/mol. The van der Waals surface area contributed by atoms with Crippen molar-refractivity contribution in [2.75, 3.05) is 6.54 Å². The lowest BCUT2D eigenvalue weighted by Crippen LogP contribution is -2.30. The van der Waals surface area contributed by atoms with Gasteiger partial charge in [-0.05, 0) is 32.2 Å². The van der Waals surface area contributed by atoms with Gasteiger partial charge in [0.25, 0.3) is 0 Å². The molecule has 0 aliphatic rings. The number of Topliss-reactive ketones (excluding diaryl/α,β-unsaturated/α-hetero) is 1. The van der Waals surface area contributed by atoms with Crippen molar-refractivity contribution in [1.82, 2.24) is 0 Å². The second kappa shape index (κ2) is 10.4. The summed E-state index contributed by atoms with van der Waals surface area (Å²) >= 11 is 0. The molecule has 0 aromatic carbocycles. The molecule has 0 aromatic heterocycles. The first kappa shape index (κ1) is 16.2. The Kier molecular flexibility index (Phi) is 9.86. The van der Waals surface area contributed by atoms with Crippen LogP contribution >= 0.6 is 0 Å². The number of unbranched alkanes of at least 4 members (excludes halogenated alkanes) is 3. The van der Waals surface area contributed by atoms with Crippen molar-refractivity contribution >= 4 is 11.8 Å². The van der Waals surface area contributed by atoms with Gasteiger partial charge in [0.1, 0.15) is 5.78 Å². The average molecular weight is 246 g/mol. The number of carbonyl (C=O) groups excluding carboxylic acids is 2. The molecule has 0 bridgehead atoms. The number of nitrogens with two attached hydrogens (primary N) is 2. The van der Waals surface area contributed by atoms with Crippen molar-refractivity contribution in [1.29, 1.82) is 0 Å². The number of ketones is 1. The molecule has 0 aliphatic carbocycles. The molecule has 0 fully saturated rings. The molecule has 0 amide bonds. The highest BCUT2D eigenvalue weighted by molar-refractivity contribution is 5.83. The van der Waals surface area contributed by atoms with Gasteiger partial charge in [-0.25, -0.2) is 0 Å². The lowest BCUT2D eigenvalue weighted by atomic mass is 10.0. The zero-order chi connectivity index (χ0) is 13.1. The average Bonchev–Trinajstić information content (AvgIpc) is 2.28. The molecule has 0 aliphatic heterocycles. The van der Waals surface area contributed by atoms with Gasteiger partial charge in [-0.1, -0.05) is 12.8 Å². The first-order valence-corrected chi connectivity index (χ1v) is 6.24. The smallest absolute Gasteiger partial charge is 0.301 e. The molecule has 100 valence electrons. The van der Waals surface area contributed by atoms with Gasteiger partial charge in [0.2, 0.25) is 0 Å². The summed E-state index contributed by atoms with van der Waals surface area (Å²) < 4.78 is 11.9. The molecule has 0 heterocycles. The predicted octanol–water partition coefficient (Wildman–Crippen LogP) is 1.46. The van der Waals surface area contributed by atoms with Crippen LogP contribution in [0.4, 0.5) is 4.39 Å². The van der Waals surface area contributed by atoms with Crippen molar-refractivity contribution < 1.29 is 14.0 Å². The van der Waals surface area contributed by atoms with E-state index in [0.717, 1.165) is 12.8 Å². The third kappa shape index (κ3) is 10.1. The predicted molar refractivity (Wildman–Crippen MR) is 65.1 cm³/mol. The zero-order valence-electron chi connectivity index (χ0n) is 10.3. The van der Waals surface area contributed by atoms with E-state index in [-0.39, 0.29) is 12.2 Å². The topological polar surface area (TPSA) is 86.2 Å². The lowest BCUT2D eigenvalue weighted by molar-refractivity contribution is -0.129. The quantitative estimate of drug-likeness (QED) is 0.427. The Balaban J connectivity index is 3.47. The fourth-order valence-corrected chi connectivity index (χ4v) is 1.59. The van der Waals surface area contributed by atoms with Crippen molar-refractivity contribution in [2.24, 2.45) is 11.5 Å². The SMILES string of the molecule is NCCCCC(N)C(=O)CCCCCC(=O)F. The van der Waals surface area contributed by atoms with Crippen LogP contribution < -0.4 is 11.5 Å². The van der Waals surface area contributed by atoms with Crippen LogP contribution in [-0.4, -0.2) is 24.4 Å². The van der Waals surface area contributed by atoms with E-state index in [1.807, 2.05) is 0 Å². The van der Waals surface area contributed by atoms with Crippen LogP contribution in [0.3, 0.4) is 0 Å². The number of rotatable bonds is 11. The summed E-state index contributed by atoms with van der Waals surface area (Å²) in [5.41, 5.74) is 11.1. The highest BCUT2D eigenvalue weighted by atomic mass is 19.1. The summed E-state index contributed by atoms with van der Waals surface area (Å²) in [7, 11) is 0. The molecule has 1 unspecified atom stereocenters. The summed E-state index contributed by atoms with van der Waals surface area (Å²) in [4.78, 5) is 21.6. The fraction of sp³-hybridized carbons (Fsp3) is 0.833. The van der Waals surface area contributed by atoms with Crippen LogP contribution in [0, 0.1) is 0 Å². The Hall–Kier alpha value is -0.810. The van der Waals surface area contributed by atoms with Gasteiger partial charge in [0.05, 0.1) is 6.04 Å². The Morgan fingerprint density at radius 2 is 1.65 bits per heavy atom. The Morgan fingerprint density at radius 3 is 2.24 bits per heavy atom. The Labute approximate surface area is 102 Å². The van der Waals surface area contributed by atoms with E-state index in [1.165, 1.54) is 0 Å². The maximum absolute atomic E-state index is 11.9. The van der Waals surface area contributed by atoms with E-state index < -0.39 is 12.1 Å². The number of carbonyl (C=O) groups is 2. The minimum Gasteiger partial charge on any atom is -0.330 e. The third-order valence-electron chi connectivity index (χ3n) is 2.68. The summed E-state index contributed by atoms with van der Waals surface area (Å²) in [5.74, 6) is 0.0496. The molecular formula is C12H23FN2O2. The van der Waals surface area contributed by atoms with E-state index in [1.54, 1.807) is 0 Å². The number of halogens is 1. The number of hydrogen-bond donors (Lipinski definition) is 2. The Morgan fingerprint density at radius 1 is 1.00 bits per heavy atom. The van der Waals surface area contributed by atoms with Crippen LogP contribution in [0.5, 0.6) is 0 Å². The molecule has 0 saturated carbocycles. The fourth-order valence-electron chi connectivity index (χ4n) is 1.59. The largest absolute Gasteiger partial charge is 0.330 e. The molecule has 4 N–H and O–H groups in total. The maximum Gasteiger partial charge on any atom is 0.301 e. The second-order valence-electron chi connectivity index (χ2n) is 4.27. The van der Waals surface area contributed by atoms with Gasteiger partial charge in [-0.2, -0.15) is 4.39 Å². The Bertz CT molecular complexity index is 235. The summed E-state index contributed by atoms with van der Waals surface area (Å²) in [6, 6.07) is -1.68. The van der Waals surface area contributed by atoms with Crippen molar-refractivity contribution in [2.45, 2.75) is 57.4 Å². The molecule has 0 aromatic rings. The summed E-state index contributed by atoms with van der Waals surface area (Å²) in [5, 5.41) is 0. The van der Waals surface area contributed by atoms with E-state index in [2.05, 4.69) is 0 Å². The molecule has 0 spiro atoms. The van der Waals surface area contributed by atoms with Crippen molar-refractivity contribution in [3.63, 3.8) is 0 Å². The van der Waals surface area contributed by atoms with Gasteiger partial charge < -0.3 is 11.5 Å². The van der Waals surface area contributed by atoms with E-state index in [0.29, 0.717) is 38.6 Å². The summed E-state index contributed by atoms with van der Waals surface area (Å²) in [6.45, 7) is 0.623. The second-order valence-corrected chi connectivity index (χ2v) is 4.27. The zero-order valence-corrected chi connectivity index (χ0v) is 10.3. The minimum absolute atomic E-state index is 0.0449. The van der Waals surface area contributed by atoms with Crippen LogP contribution in [-0.2, 0) is 9.59 Å². The minimum atomic E-state index is -1.28. The van der Waals surface area contributed by atoms with Gasteiger partial charge in [-0.3, -0.25) is 9.59 Å². The standard InChI is InChI=1S/C12H23FN2O2/c13-12(17)8-3-1-2-7-11(16)10(15)6-4-5-9-14/h10H,1-9,14-15H2.